The molecule has 0 spiro atoms. The summed E-state index contributed by atoms with van der Waals surface area (Å²) in [5.74, 6) is 1.09. The molecule has 0 radical (unpaired) electrons. The van der Waals surface area contributed by atoms with Gasteiger partial charge in [-0.05, 0) is 6.42 Å². The molecule has 11 heavy (non-hydrogen) atoms. The van der Waals surface area contributed by atoms with E-state index in [1.807, 2.05) is 11.8 Å². The zero-order chi connectivity index (χ0) is 8.53. The summed E-state index contributed by atoms with van der Waals surface area (Å²) in [6.45, 7) is 6.62. The minimum Gasteiger partial charge on any atom is -0.379 e. The van der Waals surface area contributed by atoms with E-state index in [-0.39, 0.29) is 0 Å². The van der Waals surface area contributed by atoms with Gasteiger partial charge >= 0.3 is 0 Å². The predicted molar refractivity (Wildman–Crippen MR) is 52.1 cm³/mol. The molecule has 0 aliphatic heterocycles. The Kier molecular flexibility index (Phi) is 8.57. The molecule has 0 heterocycles. The smallest absolute Gasteiger partial charge is 0.0589 e. The zero-order valence-electron chi connectivity index (χ0n) is 7.51. The number of hydrogen-bond donors (Lipinski definition) is 1. The molecule has 0 fully saturated rings. The van der Waals surface area contributed by atoms with E-state index in [2.05, 4.69) is 13.8 Å². The van der Waals surface area contributed by atoms with Gasteiger partial charge in [-0.2, -0.15) is 11.8 Å². The van der Waals surface area contributed by atoms with Gasteiger partial charge in [0, 0.05) is 17.5 Å². The van der Waals surface area contributed by atoms with Crippen molar-refractivity contribution in [1.29, 1.82) is 0 Å². The van der Waals surface area contributed by atoms with E-state index in [4.69, 9.17) is 10.5 Å². The van der Waals surface area contributed by atoms with Gasteiger partial charge in [0.05, 0.1) is 13.2 Å². The van der Waals surface area contributed by atoms with Crippen molar-refractivity contribution in [2.24, 2.45) is 5.73 Å². The van der Waals surface area contributed by atoms with Crippen molar-refractivity contribution in [1.82, 2.24) is 0 Å². The Morgan fingerprint density at radius 3 is 2.73 bits per heavy atom. The van der Waals surface area contributed by atoms with E-state index in [1.54, 1.807) is 0 Å². The SMILES string of the molecule is CCC(C)SCCOCCN. The molecule has 0 aromatic rings. The molecule has 0 rings (SSSR count). The molecule has 2 nitrogen and oxygen atoms in total. The minimum absolute atomic E-state index is 0.633. The number of nitrogens with two attached hydrogens (primary N) is 1. The molecule has 0 aromatic carbocycles. The highest BCUT2D eigenvalue weighted by atomic mass is 32.2. The van der Waals surface area contributed by atoms with Crippen molar-refractivity contribution >= 4 is 11.8 Å². The van der Waals surface area contributed by atoms with Crippen LogP contribution in [0.25, 0.3) is 0 Å². The molecule has 2 N–H and O–H groups in total. The first-order valence-electron chi connectivity index (χ1n) is 4.20. The largest absolute Gasteiger partial charge is 0.379 e. The van der Waals surface area contributed by atoms with E-state index in [0.29, 0.717) is 13.2 Å². The Morgan fingerprint density at radius 2 is 2.18 bits per heavy atom. The summed E-state index contributed by atoms with van der Waals surface area (Å²) in [5.41, 5.74) is 5.26. The first-order valence-corrected chi connectivity index (χ1v) is 5.25. The van der Waals surface area contributed by atoms with Crippen molar-refractivity contribution in [2.45, 2.75) is 25.5 Å². The van der Waals surface area contributed by atoms with Gasteiger partial charge in [-0.15, -0.1) is 0 Å². The molecule has 1 atom stereocenters. The lowest BCUT2D eigenvalue weighted by Gasteiger charge is -2.07. The van der Waals surface area contributed by atoms with Crippen LogP contribution < -0.4 is 5.73 Å². The molecule has 1 unspecified atom stereocenters. The lowest BCUT2D eigenvalue weighted by atomic mass is 10.4. The molecular formula is C8H19NOS. The van der Waals surface area contributed by atoms with Gasteiger partial charge in [-0.3, -0.25) is 0 Å². The van der Waals surface area contributed by atoms with Crippen LogP contribution in [0.1, 0.15) is 20.3 Å². The number of hydrogen-bond acceptors (Lipinski definition) is 3. The van der Waals surface area contributed by atoms with Gasteiger partial charge < -0.3 is 10.5 Å². The zero-order valence-corrected chi connectivity index (χ0v) is 8.32. The molecule has 0 saturated heterocycles. The number of rotatable bonds is 7. The van der Waals surface area contributed by atoms with Gasteiger partial charge in [0.2, 0.25) is 0 Å². The van der Waals surface area contributed by atoms with E-state index in [1.165, 1.54) is 6.42 Å². The summed E-state index contributed by atoms with van der Waals surface area (Å²) >= 11 is 1.96. The Hall–Kier alpha value is 0.270. The summed E-state index contributed by atoms with van der Waals surface area (Å²) in [7, 11) is 0. The fourth-order valence-corrected chi connectivity index (χ4v) is 1.46. The van der Waals surface area contributed by atoms with Crippen LogP contribution in [-0.4, -0.2) is 30.8 Å². The van der Waals surface area contributed by atoms with Crippen LogP contribution in [0.4, 0.5) is 0 Å². The summed E-state index contributed by atoms with van der Waals surface area (Å²) < 4.78 is 5.23. The molecule has 0 bridgehead atoms. The van der Waals surface area contributed by atoms with Crippen molar-refractivity contribution in [3.8, 4) is 0 Å². The van der Waals surface area contributed by atoms with Gasteiger partial charge in [-0.1, -0.05) is 13.8 Å². The lowest BCUT2D eigenvalue weighted by molar-refractivity contribution is 0.158. The molecule has 0 aromatic heterocycles. The number of thioether (sulfide) groups is 1. The van der Waals surface area contributed by atoms with Crippen LogP contribution in [0.5, 0.6) is 0 Å². The molecule has 0 aliphatic rings. The summed E-state index contributed by atoms with van der Waals surface area (Å²) in [4.78, 5) is 0. The third kappa shape index (κ3) is 8.17. The van der Waals surface area contributed by atoms with E-state index in [0.717, 1.165) is 17.6 Å². The maximum Gasteiger partial charge on any atom is 0.0589 e. The van der Waals surface area contributed by atoms with Crippen LogP contribution in [0, 0.1) is 0 Å². The minimum atomic E-state index is 0.633. The average Bonchev–Trinajstić information content (AvgIpc) is 2.04. The quantitative estimate of drug-likeness (QED) is 0.598. The second kappa shape index (κ2) is 8.37. The third-order valence-corrected chi connectivity index (χ3v) is 2.77. The highest BCUT2D eigenvalue weighted by Gasteiger charge is 1.97. The predicted octanol–water partition coefficient (Wildman–Crippen LogP) is 1.49. The Bertz CT molecular complexity index is 80.5. The van der Waals surface area contributed by atoms with Crippen molar-refractivity contribution in [3.05, 3.63) is 0 Å². The maximum atomic E-state index is 5.26. The number of ether oxygens (including phenoxy) is 1. The Morgan fingerprint density at radius 1 is 1.45 bits per heavy atom. The second-order valence-corrected chi connectivity index (χ2v) is 4.04. The summed E-state index contributed by atoms with van der Waals surface area (Å²) in [6, 6.07) is 0. The molecular weight excluding hydrogens is 158 g/mol. The van der Waals surface area contributed by atoms with E-state index >= 15 is 0 Å². The van der Waals surface area contributed by atoms with Crippen LogP contribution in [-0.2, 0) is 4.74 Å². The third-order valence-electron chi connectivity index (χ3n) is 1.47. The van der Waals surface area contributed by atoms with Gasteiger partial charge in [-0.25, -0.2) is 0 Å². The van der Waals surface area contributed by atoms with Gasteiger partial charge in [0.15, 0.2) is 0 Å². The monoisotopic (exact) mass is 177 g/mol. The van der Waals surface area contributed by atoms with Gasteiger partial charge in [0.25, 0.3) is 0 Å². The molecule has 3 heteroatoms. The maximum absolute atomic E-state index is 5.26. The molecule has 0 amide bonds. The van der Waals surface area contributed by atoms with Crippen molar-refractivity contribution in [3.63, 3.8) is 0 Å². The fourth-order valence-electron chi connectivity index (χ4n) is 0.611. The highest BCUT2D eigenvalue weighted by molar-refractivity contribution is 7.99. The normalized spacial score (nSPS) is 13.4. The standard InChI is InChI=1S/C8H19NOS/c1-3-8(2)11-7-6-10-5-4-9/h8H,3-7,9H2,1-2H3. The molecule has 0 saturated carbocycles. The van der Waals surface area contributed by atoms with Crippen molar-refractivity contribution < 1.29 is 4.74 Å². The topological polar surface area (TPSA) is 35.2 Å². The Labute approximate surface area is 73.9 Å². The second-order valence-electron chi connectivity index (χ2n) is 2.49. The van der Waals surface area contributed by atoms with Crippen LogP contribution in [0.2, 0.25) is 0 Å². The first kappa shape index (κ1) is 11.3. The lowest BCUT2D eigenvalue weighted by Crippen LogP contribution is -2.10. The molecule has 0 aliphatic carbocycles. The van der Waals surface area contributed by atoms with E-state index in [9.17, 15) is 0 Å². The van der Waals surface area contributed by atoms with Crippen molar-refractivity contribution in [2.75, 3.05) is 25.5 Å². The fraction of sp³-hybridized carbons (Fsp3) is 1.00. The summed E-state index contributed by atoms with van der Waals surface area (Å²) in [5, 5.41) is 0.761. The van der Waals surface area contributed by atoms with E-state index < -0.39 is 0 Å². The van der Waals surface area contributed by atoms with Crippen LogP contribution in [0.3, 0.4) is 0 Å². The Balaban J connectivity index is 2.89. The summed E-state index contributed by atoms with van der Waals surface area (Å²) in [6.07, 6.45) is 1.24. The van der Waals surface area contributed by atoms with Crippen LogP contribution >= 0.6 is 11.8 Å². The molecule has 68 valence electrons. The average molecular weight is 177 g/mol. The van der Waals surface area contributed by atoms with Crippen LogP contribution in [0.15, 0.2) is 0 Å². The first-order chi connectivity index (χ1) is 5.31. The van der Waals surface area contributed by atoms with Gasteiger partial charge in [0.1, 0.15) is 0 Å². The highest BCUT2D eigenvalue weighted by Crippen LogP contribution is 2.12.